The average molecular weight is 210 g/mol. The molecule has 2 nitrogen and oxygen atoms in total. The Morgan fingerprint density at radius 3 is 3.00 bits per heavy atom. The number of aliphatic hydroxyl groups excluding tert-OH is 1. The molecule has 1 heterocycles. The van der Waals surface area contributed by atoms with E-state index >= 15 is 0 Å². The van der Waals surface area contributed by atoms with Crippen molar-refractivity contribution in [1.29, 1.82) is 0 Å². The fraction of sp³-hybridized carbons (Fsp3) is 0.100. The van der Waals surface area contributed by atoms with E-state index in [0.717, 1.165) is 4.70 Å². The van der Waals surface area contributed by atoms with E-state index in [1.807, 2.05) is 0 Å². The zero-order valence-corrected chi connectivity index (χ0v) is 7.97. The van der Waals surface area contributed by atoms with Gasteiger partial charge in [-0.1, -0.05) is 0 Å². The van der Waals surface area contributed by atoms with Gasteiger partial charge in [-0.15, -0.1) is 11.3 Å². The van der Waals surface area contributed by atoms with Crippen LogP contribution in [0.5, 0.6) is 0 Å². The third-order valence-electron chi connectivity index (χ3n) is 2.11. The summed E-state index contributed by atoms with van der Waals surface area (Å²) in [6, 6.07) is 3.08. The maximum absolute atomic E-state index is 13.3. The second kappa shape index (κ2) is 3.48. The van der Waals surface area contributed by atoms with Crippen LogP contribution in [0.3, 0.4) is 0 Å². The molecule has 0 amide bonds. The van der Waals surface area contributed by atoms with Crippen LogP contribution in [0.25, 0.3) is 10.1 Å². The summed E-state index contributed by atoms with van der Waals surface area (Å²) in [5.74, 6) is -0.527. The molecule has 0 bridgehead atoms. The molecule has 1 N–H and O–H groups in total. The van der Waals surface area contributed by atoms with Crippen molar-refractivity contribution in [3.05, 3.63) is 34.5 Å². The van der Waals surface area contributed by atoms with Gasteiger partial charge in [-0.05, 0) is 22.9 Å². The summed E-state index contributed by atoms with van der Waals surface area (Å²) in [5, 5.41) is 11.4. The van der Waals surface area contributed by atoms with Crippen LogP contribution >= 0.6 is 11.3 Å². The van der Waals surface area contributed by atoms with Gasteiger partial charge in [0, 0.05) is 15.8 Å². The number of benzene rings is 1. The minimum absolute atomic E-state index is 0.0787. The second-order valence-electron chi connectivity index (χ2n) is 2.87. The van der Waals surface area contributed by atoms with Crippen molar-refractivity contribution < 1.29 is 14.3 Å². The third-order valence-corrected chi connectivity index (χ3v) is 3.08. The Labute approximate surface area is 83.6 Å². The standard InChI is InChI=1S/C10H7FO2S/c11-9-3-6-1-2-14-10(6)8(5-13)7(9)4-12/h1-3,5,12H,4H2. The molecule has 1 aromatic carbocycles. The molecule has 0 aliphatic carbocycles. The fourth-order valence-electron chi connectivity index (χ4n) is 1.43. The molecule has 0 saturated heterocycles. The zero-order chi connectivity index (χ0) is 10.1. The highest BCUT2D eigenvalue weighted by atomic mass is 32.1. The van der Waals surface area contributed by atoms with Gasteiger partial charge in [-0.2, -0.15) is 0 Å². The molecule has 72 valence electrons. The SMILES string of the molecule is O=Cc1c(CO)c(F)cc2ccsc12. The van der Waals surface area contributed by atoms with Crippen molar-refractivity contribution in [2.45, 2.75) is 6.61 Å². The van der Waals surface area contributed by atoms with Crippen LogP contribution in [-0.4, -0.2) is 11.4 Å². The highest BCUT2D eigenvalue weighted by Crippen LogP contribution is 2.28. The molecule has 0 unspecified atom stereocenters. The van der Waals surface area contributed by atoms with E-state index in [9.17, 15) is 9.18 Å². The summed E-state index contributed by atoms with van der Waals surface area (Å²) >= 11 is 1.37. The van der Waals surface area contributed by atoms with Crippen molar-refractivity contribution in [2.24, 2.45) is 0 Å². The summed E-state index contributed by atoms with van der Waals surface area (Å²) in [6.45, 7) is -0.451. The van der Waals surface area contributed by atoms with Gasteiger partial charge in [0.05, 0.1) is 6.61 Å². The lowest BCUT2D eigenvalue weighted by Crippen LogP contribution is -1.97. The molecule has 14 heavy (non-hydrogen) atoms. The molecule has 0 aliphatic rings. The van der Waals surface area contributed by atoms with E-state index in [0.29, 0.717) is 11.7 Å². The van der Waals surface area contributed by atoms with Gasteiger partial charge in [-0.3, -0.25) is 4.79 Å². The minimum atomic E-state index is -0.527. The second-order valence-corrected chi connectivity index (χ2v) is 3.78. The first-order valence-electron chi connectivity index (χ1n) is 4.02. The van der Waals surface area contributed by atoms with Gasteiger partial charge in [0.15, 0.2) is 6.29 Å². The number of hydrogen-bond donors (Lipinski definition) is 1. The Morgan fingerprint density at radius 2 is 2.36 bits per heavy atom. The molecule has 0 fully saturated rings. The Kier molecular flexibility index (Phi) is 2.31. The van der Waals surface area contributed by atoms with Crippen LogP contribution in [0.4, 0.5) is 4.39 Å². The fourth-order valence-corrected chi connectivity index (χ4v) is 2.34. The first-order valence-corrected chi connectivity index (χ1v) is 4.90. The topological polar surface area (TPSA) is 37.3 Å². The molecule has 0 spiro atoms. The number of rotatable bonds is 2. The van der Waals surface area contributed by atoms with Crippen molar-refractivity contribution >= 4 is 27.7 Å². The highest BCUT2D eigenvalue weighted by Gasteiger charge is 2.12. The quantitative estimate of drug-likeness (QED) is 0.772. The Bertz CT molecular complexity index is 490. The number of thiophene rings is 1. The lowest BCUT2D eigenvalue weighted by Gasteiger charge is -2.03. The van der Waals surface area contributed by atoms with Crippen LogP contribution in [0.1, 0.15) is 15.9 Å². The number of carbonyl (C=O) groups excluding carboxylic acids is 1. The Hall–Kier alpha value is -1.26. The van der Waals surface area contributed by atoms with E-state index in [1.54, 1.807) is 11.4 Å². The highest BCUT2D eigenvalue weighted by molar-refractivity contribution is 7.17. The summed E-state index contributed by atoms with van der Waals surface area (Å²) in [7, 11) is 0. The first-order chi connectivity index (χ1) is 6.77. The summed E-state index contributed by atoms with van der Waals surface area (Å²) < 4.78 is 14.1. The summed E-state index contributed by atoms with van der Waals surface area (Å²) in [5.41, 5.74) is 0.340. The largest absolute Gasteiger partial charge is 0.392 e. The molecule has 0 radical (unpaired) electrons. The monoisotopic (exact) mass is 210 g/mol. The lowest BCUT2D eigenvalue weighted by atomic mass is 10.1. The summed E-state index contributed by atoms with van der Waals surface area (Å²) in [4.78, 5) is 10.8. The molecule has 2 rings (SSSR count). The van der Waals surface area contributed by atoms with Crippen molar-refractivity contribution in [3.63, 3.8) is 0 Å². The summed E-state index contributed by atoms with van der Waals surface area (Å²) in [6.07, 6.45) is 0.591. The van der Waals surface area contributed by atoms with Crippen molar-refractivity contribution in [1.82, 2.24) is 0 Å². The number of fused-ring (bicyclic) bond motifs is 1. The predicted octanol–water partition coefficient (Wildman–Crippen LogP) is 2.35. The Morgan fingerprint density at radius 1 is 1.57 bits per heavy atom. The van der Waals surface area contributed by atoms with E-state index in [4.69, 9.17) is 5.11 Å². The lowest BCUT2D eigenvalue weighted by molar-refractivity contribution is 0.112. The van der Waals surface area contributed by atoms with E-state index < -0.39 is 12.4 Å². The van der Waals surface area contributed by atoms with Crippen molar-refractivity contribution in [2.75, 3.05) is 0 Å². The number of halogens is 1. The molecule has 1 aromatic heterocycles. The maximum atomic E-state index is 13.3. The molecular formula is C10H7FO2S. The molecule has 0 aliphatic heterocycles. The molecule has 0 saturated carbocycles. The van der Waals surface area contributed by atoms with Gasteiger partial charge in [-0.25, -0.2) is 4.39 Å². The van der Waals surface area contributed by atoms with Crippen LogP contribution in [-0.2, 0) is 6.61 Å². The van der Waals surface area contributed by atoms with Crippen LogP contribution in [0.15, 0.2) is 17.5 Å². The Balaban J connectivity index is 2.88. The van der Waals surface area contributed by atoms with Gasteiger partial charge >= 0.3 is 0 Å². The van der Waals surface area contributed by atoms with E-state index in [-0.39, 0.29) is 11.1 Å². The maximum Gasteiger partial charge on any atom is 0.151 e. The smallest absolute Gasteiger partial charge is 0.151 e. The number of hydrogen-bond acceptors (Lipinski definition) is 3. The van der Waals surface area contributed by atoms with Crippen LogP contribution in [0, 0.1) is 5.82 Å². The first kappa shape index (κ1) is 9.30. The average Bonchev–Trinajstić information content (AvgIpc) is 2.62. The van der Waals surface area contributed by atoms with Crippen LogP contribution < -0.4 is 0 Å². The number of aldehydes is 1. The number of carbonyl (C=O) groups is 1. The zero-order valence-electron chi connectivity index (χ0n) is 7.16. The molecule has 4 heteroatoms. The van der Waals surface area contributed by atoms with Gasteiger partial charge in [0.25, 0.3) is 0 Å². The van der Waals surface area contributed by atoms with E-state index in [2.05, 4.69) is 0 Å². The molecule has 2 aromatic rings. The number of aliphatic hydroxyl groups is 1. The normalized spacial score (nSPS) is 10.7. The predicted molar refractivity (Wildman–Crippen MR) is 53.1 cm³/mol. The van der Waals surface area contributed by atoms with Crippen LogP contribution in [0.2, 0.25) is 0 Å². The van der Waals surface area contributed by atoms with Gasteiger partial charge in [0.1, 0.15) is 5.82 Å². The molecule has 0 atom stereocenters. The van der Waals surface area contributed by atoms with E-state index in [1.165, 1.54) is 17.4 Å². The minimum Gasteiger partial charge on any atom is -0.392 e. The van der Waals surface area contributed by atoms with Gasteiger partial charge in [0.2, 0.25) is 0 Å². The third kappa shape index (κ3) is 1.23. The van der Waals surface area contributed by atoms with Crippen molar-refractivity contribution in [3.8, 4) is 0 Å². The molecular weight excluding hydrogens is 203 g/mol. The van der Waals surface area contributed by atoms with Gasteiger partial charge < -0.3 is 5.11 Å².